The van der Waals surface area contributed by atoms with E-state index in [2.05, 4.69) is 25.8 Å². The van der Waals surface area contributed by atoms with Crippen LogP contribution >= 0.6 is 0 Å². The number of aromatic nitrogens is 3. The molecular weight excluding hydrogens is 344 g/mol. The zero-order valence-electron chi connectivity index (χ0n) is 13.4. The van der Waals surface area contributed by atoms with Crippen LogP contribution in [0.4, 0.5) is 31.9 Å². The molecule has 132 valence electrons. The highest BCUT2D eigenvalue weighted by Gasteiger charge is 2.12. The third kappa shape index (κ3) is 3.46. The second kappa shape index (κ2) is 6.79. The second-order valence-corrected chi connectivity index (χ2v) is 5.40. The van der Waals surface area contributed by atoms with E-state index in [0.29, 0.717) is 41.9 Å². The smallest absolute Gasteiger partial charge is 0.249 e. The highest BCUT2D eigenvalue weighted by molar-refractivity contribution is 5.61. The maximum Gasteiger partial charge on any atom is 0.249 e. The van der Waals surface area contributed by atoms with Crippen molar-refractivity contribution in [3.8, 4) is 11.5 Å². The number of anilines is 4. The number of hydrogen-bond donors (Lipinski definition) is 2. The SMILES string of the molecule is Fc1ccc(Nc2cnnc(Nc3ccc4c(c3)OCCO4)n2)cc1F. The summed E-state index contributed by atoms with van der Waals surface area (Å²) in [6, 6.07) is 8.81. The number of nitrogens with one attached hydrogen (secondary N) is 2. The Hall–Kier alpha value is -3.49. The number of benzene rings is 2. The number of rotatable bonds is 4. The van der Waals surface area contributed by atoms with Crippen molar-refractivity contribution in [1.29, 1.82) is 0 Å². The van der Waals surface area contributed by atoms with Gasteiger partial charge in [0.25, 0.3) is 0 Å². The van der Waals surface area contributed by atoms with Crippen LogP contribution in [0, 0.1) is 11.6 Å². The molecule has 3 aromatic rings. The van der Waals surface area contributed by atoms with Crippen molar-refractivity contribution in [2.45, 2.75) is 0 Å². The Morgan fingerprint density at radius 1 is 0.846 bits per heavy atom. The molecule has 7 nitrogen and oxygen atoms in total. The lowest BCUT2D eigenvalue weighted by Crippen LogP contribution is -2.15. The van der Waals surface area contributed by atoms with Crippen LogP contribution in [-0.2, 0) is 0 Å². The molecular formula is C17H13F2N5O2. The molecule has 2 heterocycles. The van der Waals surface area contributed by atoms with E-state index in [0.717, 1.165) is 12.1 Å². The minimum absolute atomic E-state index is 0.231. The second-order valence-electron chi connectivity index (χ2n) is 5.40. The van der Waals surface area contributed by atoms with Crippen LogP contribution in [0.3, 0.4) is 0 Å². The normalized spacial score (nSPS) is 12.5. The Morgan fingerprint density at radius 3 is 2.46 bits per heavy atom. The lowest BCUT2D eigenvalue weighted by molar-refractivity contribution is 0.171. The molecule has 26 heavy (non-hydrogen) atoms. The van der Waals surface area contributed by atoms with E-state index >= 15 is 0 Å². The van der Waals surface area contributed by atoms with Gasteiger partial charge in [-0.05, 0) is 24.3 Å². The lowest BCUT2D eigenvalue weighted by atomic mass is 10.2. The molecule has 1 aliphatic heterocycles. The minimum Gasteiger partial charge on any atom is -0.486 e. The Morgan fingerprint density at radius 2 is 1.62 bits per heavy atom. The summed E-state index contributed by atoms with van der Waals surface area (Å²) in [5.41, 5.74) is 1.04. The van der Waals surface area contributed by atoms with E-state index in [9.17, 15) is 8.78 Å². The fourth-order valence-corrected chi connectivity index (χ4v) is 2.39. The van der Waals surface area contributed by atoms with Crippen LogP contribution in [0.1, 0.15) is 0 Å². The molecule has 0 spiro atoms. The molecule has 0 radical (unpaired) electrons. The first kappa shape index (κ1) is 16.0. The average molecular weight is 357 g/mol. The summed E-state index contributed by atoms with van der Waals surface area (Å²) in [5.74, 6) is -0.0100. The molecule has 1 aromatic heterocycles. The average Bonchev–Trinajstić information content (AvgIpc) is 2.65. The predicted molar refractivity (Wildman–Crippen MR) is 90.2 cm³/mol. The molecule has 9 heteroatoms. The maximum atomic E-state index is 13.3. The van der Waals surface area contributed by atoms with Gasteiger partial charge in [0.2, 0.25) is 5.95 Å². The lowest BCUT2D eigenvalue weighted by Gasteiger charge is -2.19. The van der Waals surface area contributed by atoms with Crippen molar-refractivity contribution in [3.63, 3.8) is 0 Å². The van der Waals surface area contributed by atoms with Gasteiger partial charge in [-0.15, -0.1) is 5.10 Å². The van der Waals surface area contributed by atoms with Gasteiger partial charge in [0, 0.05) is 23.5 Å². The van der Waals surface area contributed by atoms with Gasteiger partial charge in [0.15, 0.2) is 29.0 Å². The van der Waals surface area contributed by atoms with E-state index in [4.69, 9.17) is 9.47 Å². The van der Waals surface area contributed by atoms with Gasteiger partial charge in [-0.3, -0.25) is 0 Å². The molecule has 1 aliphatic rings. The van der Waals surface area contributed by atoms with Crippen LogP contribution in [0.25, 0.3) is 0 Å². The van der Waals surface area contributed by atoms with Crippen molar-refractivity contribution in [2.75, 3.05) is 23.8 Å². The molecule has 0 atom stereocenters. The van der Waals surface area contributed by atoms with Gasteiger partial charge >= 0.3 is 0 Å². The quantitative estimate of drug-likeness (QED) is 0.740. The molecule has 0 fully saturated rings. The first-order chi connectivity index (χ1) is 12.7. The summed E-state index contributed by atoms with van der Waals surface area (Å²) in [6.07, 6.45) is 1.37. The van der Waals surface area contributed by atoms with Crippen molar-refractivity contribution in [3.05, 3.63) is 54.2 Å². The van der Waals surface area contributed by atoms with E-state index in [1.807, 2.05) is 0 Å². The fraction of sp³-hybridized carbons (Fsp3) is 0.118. The molecule has 0 aliphatic carbocycles. The van der Waals surface area contributed by atoms with Crippen LogP contribution in [0.5, 0.6) is 11.5 Å². The summed E-state index contributed by atoms with van der Waals surface area (Å²) in [5, 5.41) is 13.6. The highest BCUT2D eigenvalue weighted by atomic mass is 19.2. The summed E-state index contributed by atoms with van der Waals surface area (Å²) in [7, 11) is 0. The van der Waals surface area contributed by atoms with Crippen LogP contribution in [0.15, 0.2) is 42.6 Å². The molecule has 2 aromatic carbocycles. The van der Waals surface area contributed by atoms with Gasteiger partial charge in [-0.1, -0.05) is 0 Å². The third-order valence-corrected chi connectivity index (χ3v) is 3.55. The van der Waals surface area contributed by atoms with Crippen LogP contribution < -0.4 is 20.1 Å². The first-order valence-electron chi connectivity index (χ1n) is 7.76. The van der Waals surface area contributed by atoms with Gasteiger partial charge < -0.3 is 20.1 Å². The standard InChI is InChI=1S/C17H13F2N5O2/c18-12-3-1-10(7-13(12)19)21-16-9-20-24-17(23-16)22-11-2-4-14-15(8-11)26-6-5-25-14/h1-4,7-9H,5-6H2,(H2,21,22,23,24). The van der Waals surface area contributed by atoms with Crippen LogP contribution in [-0.4, -0.2) is 28.4 Å². The van der Waals surface area contributed by atoms with Crippen molar-refractivity contribution in [2.24, 2.45) is 0 Å². The van der Waals surface area contributed by atoms with Gasteiger partial charge in [-0.25, -0.2) is 8.78 Å². The predicted octanol–water partition coefficient (Wildman–Crippen LogP) is 3.41. The molecule has 0 unspecified atom stereocenters. The number of fused-ring (bicyclic) bond motifs is 1. The maximum absolute atomic E-state index is 13.3. The molecule has 0 amide bonds. The largest absolute Gasteiger partial charge is 0.486 e. The van der Waals surface area contributed by atoms with Gasteiger partial charge in [0.05, 0.1) is 6.20 Å². The van der Waals surface area contributed by atoms with E-state index in [1.165, 1.54) is 12.3 Å². The zero-order valence-corrected chi connectivity index (χ0v) is 13.4. The van der Waals surface area contributed by atoms with Crippen LogP contribution in [0.2, 0.25) is 0 Å². The fourth-order valence-electron chi connectivity index (χ4n) is 2.39. The topological polar surface area (TPSA) is 81.2 Å². The van der Waals surface area contributed by atoms with Gasteiger partial charge in [-0.2, -0.15) is 10.1 Å². The van der Waals surface area contributed by atoms with E-state index in [-0.39, 0.29) is 5.95 Å². The van der Waals surface area contributed by atoms with Crippen molar-refractivity contribution in [1.82, 2.24) is 15.2 Å². The molecule has 0 bridgehead atoms. The summed E-state index contributed by atoms with van der Waals surface area (Å²) in [6.45, 7) is 1.01. The molecule has 2 N–H and O–H groups in total. The van der Waals surface area contributed by atoms with E-state index in [1.54, 1.807) is 18.2 Å². The molecule has 0 saturated heterocycles. The zero-order chi connectivity index (χ0) is 17.9. The Bertz CT molecular complexity index is 954. The molecule has 0 saturated carbocycles. The first-order valence-corrected chi connectivity index (χ1v) is 7.76. The van der Waals surface area contributed by atoms with E-state index < -0.39 is 11.6 Å². The number of ether oxygens (including phenoxy) is 2. The van der Waals surface area contributed by atoms with Crippen molar-refractivity contribution < 1.29 is 18.3 Å². The highest BCUT2D eigenvalue weighted by Crippen LogP contribution is 2.33. The Labute approximate surface area is 147 Å². The Balaban J connectivity index is 1.51. The summed E-state index contributed by atoms with van der Waals surface area (Å²) < 4.78 is 37.3. The number of nitrogens with zero attached hydrogens (tertiary/aromatic N) is 3. The number of halogens is 2. The third-order valence-electron chi connectivity index (χ3n) is 3.55. The Kier molecular flexibility index (Phi) is 4.18. The number of hydrogen-bond acceptors (Lipinski definition) is 7. The summed E-state index contributed by atoms with van der Waals surface area (Å²) >= 11 is 0. The summed E-state index contributed by atoms with van der Waals surface area (Å²) in [4.78, 5) is 4.24. The minimum atomic E-state index is -0.952. The van der Waals surface area contributed by atoms with Crippen molar-refractivity contribution >= 4 is 23.1 Å². The van der Waals surface area contributed by atoms with Gasteiger partial charge in [0.1, 0.15) is 13.2 Å². The molecule has 4 rings (SSSR count). The monoisotopic (exact) mass is 357 g/mol.